The normalized spacial score (nSPS) is 11.3. The van der Waals surface area contributed by atoms with Crippen LogP contribution in [0.1, 0.15) is 13.3 Å². The monoisotopic (exact) mass is 300 g/mol. The van der Waals surface area contributed by atoms with Gasteiger partial charge in [0.2, 0.25) is 15.8 Å². The smallest absolute Gasteiger partial charge is 0.258 e. The Morgan fingerprint density at radius 1 is 1.50 bits per heavy atom. The van der Waals surface area contributed by atoms with Gasteiger partial charge in [0.05, 0.1) is 16.4 Å². The molecule has 0 N–H and O–H groups in total. The summed E-state index contributed by atoms with van der Waals surface area (Å²) in [6.45, 7) is 1.80. The molecule has 0 fully saturated rings. The lowest BCUT2D eigenvalue weighted by Gasteiger charge is -2.18. The standard InChI is InChI=1S/C12H13FN2O4S/c1-3-7-14(8-4-2)20(18,19)10-5-6-11(13)12(9-10)15(16)17/h1,5-6,9H,4,7-8H2,2H3. The van der Waals surface area contributed by atoms with E-state index in [9.17, 15) is 22.9 Å². The van der Waals surface area contributed by atoms with Crippen molar-refractivity contribution in [1.82, 2.24) is 4.31 Å². The second kappa shape index (κ2) is 6.45. The van der Waals surface area contributed by atoms with Crippen LogP contribution in [0, 0.1) is 28.3 Å². The van der Waals surface area contributed by atoms with Crippen LogP contribution in [0.3, 0.4) is 0 Å². The molecule has 0 atom stereocenters. The molecule has 6 nitrogen and oxygen atoms in total. The van der Waals surface area contributed by atoms with E-state index in [1.807, 2.05) is 0 Å². The number of sulfonamides is 1. The van der Waals surface area contributed by atoms with E-state index < -0.39 is 26.5 Å². The molecule has 8 heteroatoms. The third kappa shape index (κ3) is 3.31. The second-order valence-electron chi connectivity index (χ2n) is 3.91. The van der Waals surface area contributed by atoms with Gasteiger partial charge in [-0.2, -0.15) is 8.70 Å². The first kappa shape index (κ1) is 16.1. The van der Waals surface area contributed by atoms with E-state index in [1.165, 1.54) is 0 Å². The highest BCUT2D eigenvalue weighted by Gasteiger charge is 2.26. The van der Waals surface area contributed by atoms with Crippen molar-refractivity contribution in [2.75, 3.05) is 13.1 Å². The zero-order chi connectivity index (χ0) is 15.3. The highest BCUT2D eigenvalue weighted by atomic mass is 32.2. The van der Waals surface area contributed by atoms with Crippen LogP contribution in [-0.2, 0) is 10.0 Å². The number of hydrogen-bond donors (Lipinski definition) is 0. The summed E-state index contributed by atoms with van der Waals surface area (Å²) >= 11 is 0. The maximum atomic E-state index is 13.2. The van der Waals surface area contributed by atoms with E-state index >= 15 is 0 Å². The number of nitro benzene ring substituents is 1. The van der Waals surface area contributed by atoms with Crippen LogP contribution >= 0.6 is 0 Å². The Labute approximate surface area is 116 Å². The maximum Gasteiger partial charge on any atom is 0.306 e. The van der Waals surface area contributed by atoms with Crippen molar-refractivity contribution in [3.05, 3.63) is 34.1 Å². The van der Waals surface area contributed by atoms with Crippen LogP contribution < -0.4 is 0 Å². The molecule has 1 aromatic carbocycles. The van der Waals surface area contributed by atoms with Crippen molar-refractivity contribution in [3.8, 4) is 12.3 Å². The average molecular weight is 300 g/mol. The Hall–Kier alpha value is -1.98. The molecular formula is C12H13FN2O4S. The zero-order valence-electron chi connectivity index (χ0n) is 10.7. The van der Waals surface area contributed by atoms with Gasteiger partial charge in [-0.15, -0.1) is 6.42 Å². The molecular weight excluding hydrogens is 287 g/mol. The van der Waals surface area contributed by atoms with Crippen molar-refractivity contribution in [1.29, 1.82) is 0 Å². The molecule has 1 aromatic rings. The average Bonchev–Trinajstić information content (AvgIpc) is 2.38. The van der Waals surface area contributed by atoms with E-state index in [0.717, 1.165) is 16.4 Å². The Morgan fingerprint density at radius 2 is 2.15 bits per heavy atom. The van der Waals surface area contributed by atoms with Crippen molar-refractivity contribution in [3.63, 3.8) is 0 Å². The number of benzene rings is 1. The maximum absolute atomic E-state index is 13.2. The van der Waals surface area contributed by atoms with E-state index in [2.05, 4.69) is 5.92 Å². The minimum Gasteiger partial charge on any atom is -0.258 e. The minimum atomic E-state index is -3.98. The van der Waals surface area contributed by atoms with E-state index in [4.69, 9.17) is 6.42 Å². The first-order chi connectivity index (χ1) is 9.34. The summed E-state index contributed by atoms with van der Waals surface area (Å²) in [5, 5.41) is 10.6. The van der Waals surface area contributed by atoms with Crippen molar-refractivity contribution >= 4 is 15.7 Å². The van der Waals surface area contributed by atoms with E-state index in [0.29, 0.717) is 12.5 Å². The second-order valence-corrected chi connectivity index (χ2v) is 5.85. The molecule has 108 valence electrons. The minimum absolute atomic E-state index is 0.151. The van der Waals surface area contributed by atoms with Crippen molar-refractivity contribution in [2.45, 2.75) is 18.2 Å². The fourth-order valence-electron chi connectivity index (χ4n) is 1.58. The first-order valence-electron chi connectivity index (χ1n) is 5.72. The van der Waals surface area contributed by atoms with Crippen LogP contribution in [-0.4, -0.2) is 30.7 Å². The molecule has 0 aliphatic rings. The molecule has 20 heavy (non-hydrogen) atoms. The fraction of sp³-hybridized carbons (Fsp3) is 0.333. The van der Waals surface area contributed by atoms with Gasteiger partial charge in [-0.1, -0.05) is 12.8 Å². The molecule has 0 bridgehead atoms. The Bertz CT molecular complexity index is 652. The zero-order valence-corrected chi connectivity index (χ0v) is 11.6. The third-order valence-electron chi connectivity index (χ3n) is 2.49. The van der Waals surface area contributed by atoms with Gasteiger partial charge in [-0.3, -0.25) is 10.1 Å². The number of terminal acetylenes is 1. The first-order valence-corrected chi connectivity index (χ1v) is 7.16. The van der Waals surface area contributed by atoms with Crippen LogP contribution in [0.25, 0.3) is 0 Å². The predicted octanol–water partition coefficient (Wildman–Crippen LogP) is 1.77. The molecule has 0 aliphatic heterocycles. The van der Waals surface area contributed by atoms with Gasteiger partial charge in [-0.25, -0.2) is 8.42 Å². The fourth-order valence-corrected chi connectivity index (χ4v) is 3.04. The van der Waals surface area contributed by atoms with E-state index in [1.54, 1.807) is 6.92 Å². The Balaban J connectivity index is 3.31. The number of nitro groups is 1. The predicted molar refractivity (Wildman–Crippen MR) is 70.9 cm³/mol. The molecule has 0 spiro atoms. The highest BCUT2D eigenvalue weighted by Crippen LogP contribution is 2.24. The van der Waals surface area contributed by atoms with Gasteiger partial charge < -0.3 is 0 Å². The molecule has 0 radical (unpaired) electrons. The molecule has 0 aliphatic carbocycles. The van der Waals surface area contributed by atoms with Crippen molar-refractivity contribution in [2.24, 2.45) is 0 Å². The molecule has 0 saturated heterocycles. The Kier molecular flexibility index (Phi) is 5.19. The molecule has 0 heterocycles. The molecule has 0 aromatic heterocycles. The molecule has 0 unspecified atom stereocenters. The topological polar surface area (TPSA) is 80.5 Å². The number of nitrogens with zero attached hydrogens (tertiary/aromatic N) is 2. The summed E-state index contributed by atoms with van der Waals surface area (Å²) in [6.07, 6.45) is 5.64. The Morgan fingerprint density at radius 3 is 2.65 bits per heavy atom. The van der Waals surface area contributed by atoms with Gasteiger partial charge in [-0.05, 0) is 18.6 Å². The lowest BCUT2D eigenvalue weighted by atomic mass is 10.3. The summed E-state index contributed by atoms with van der Waals surface area (Å²) in [5.74, 6) is 1.13. The van der Waals surface area contributed by atoms with Gasteiger partial charge in [0.25, 0.3) is 0 Å². The lowest BCUT2D eigenvalue weighted by Crippen LogP contribution is -2.32. The number of halogens is 1. The van der Waals surface area contributed by atoms with Crippen LogP contribution in [0.2, 0.25) is 0 Å². The third-order valence-corrected chi connectivity index (χ3v) is 4.33. The summed E-state index contributed by atoms with van der Waals surface area (Å²) in [7, 11) is -3.98. The molecule has 1 rings (SSSR count). The van der Waals surface area contributed by atoms with Crippen LogP contribution in [0.5, 0.6) is 0 Å². The number of rotatable bonds is 6. The van der Waals surface area contributed by atoms with Gasteiger partial charge >= 0.3 is 5.69 Å². The highest BCUT2D eigenvalue weighted by molar-refractivity contribution is 7.89. The summed E-state index contributed by atoms with van der Waals surface area (Å²) in [6, 6.07) is 2.44. The van der Waals surface area contributed by atoms with Crippen LogP contribution in [0.15, 0.2) is 23.1 Å². The van der Waals surface area contributed by atoms with Gasteiger partial charge in [0, 0.05) is 12.6 Å². The molecule has 0 amide bonds. The van der Waals surface area contributed by atoms with Crippen LogP contribution in [0.4, 0.5) is 10.1 Å². The lowest BCUT2D eigenvalue weighted by molar-refractivity contribution is -0.387. The van der Waals surface area contributed by atoms with E-state index in [-0.39, 0.29) is 18.0 Å². The number of hydrogen-bond acceptors (Lipinski definition) is 4. The summed E-state index contributed by atoms with van der Waals surface area (Å²) in [5.41, 5.74) is -0.886. The summed E-state index contributed by atoms with van der Waals surface area (Å²) < 4.78 is 38.8. The quantitative estimate of drug-likeness (QED) is 0.455. The molecule has 0 saturated carbocycles. The van der Waals surface area contributed by atoms with Gasteiger partial charge in [0.15, 0.2) is 0 Å². The summed E-state index contributed by atoms with van der Waals surface area (Å²) in [4.78, 5) is 9.32. The largest absolute Gasteiger partial charge is 0.306 e. The SMILES string of the molecule is C#CCN(CCC)S(=O)(=O)c1ccc(F)c([N+](=O)[O-])c1. The van der Waals surface area contributed by atoms with Gasteiger partial charge in [0.1, 0.15) is 0 Å². The van der Waals surface area contributed by atoms with Crippen molar-refractivity contribution < 1.29 is 17.7 Å².